The number of hydrogen-bond acceptors (Lipinski definition) is 4. The first-order valence-electron chi connectivity index (χ1n) is 15.0. The van der Waals surface area contributed by atoms with Gasteiger partial charge in [-0.3, -0.25) is 0 Å². The Bertz CT molecular complexity index is 2380. The van der Waals surface area contributed by atoms with Gasteiger partial charge in [0.25, 0.3) is 0 Å². The number of benzene rings is 7. The van der Waals surface area contributed by atoms with Crippen LogP contribution in [0.3, 0.4) is 0 Å². The van der Waals surface area contributed by atoms with Gasteiger partial charge in [-0.2, -0.15) is 0 Å². The van der Waals surface area contributed by atoms with E-state index in [9.17, 15) is 8.42 Å². The van der Waals surface area contributed by atoms with Crippen molar-refractivity contribution in [3.63, 3.8) is 0 Å². The zero-order chi connectivity index (χ0) is 30.1. The van der Waals surface area contributed by atoms with Crippen molar-refractivity contribution >= 4 is 54.7 Å². The average Bonchev–Trinajstić information content (AvgIpc) is 3.09. The van der Waals surface area contributed by atoms with Gasteiger partial charge >= 0.3 is 0 Å². The lowest BCUT2D eigenvalue weighted by molar-refractivity contribution is 0.595. The summed E-state index contributed by atoms with van der Waals surface area (Å²) in [5, 5.41) is 2.21. The Labute approximate surface area is 262 Å². The maximum atomic E-state index is 14.9. The van der Waals surface area contributed by atoms with E-state index in [0.717, 1.165) is 50.1 Å². The topological polar surface area (TPSA) is 40.6 Å². The number of sulfone groups is 1. The Balaban J connectivity index is 1.38. The normalized spacial score (nSPS) is 14.0. The smallest absolute Gasteiger partial charge is 0.212 e. The van der Waals surface area contributed by atoms with Gasteiger partial charge in [0.2, 0.25) is 9.84 Å². The van der Waals surface area contributed by atoms with E-state index in [4.69, 9.17) is 0 Å². The molecule has 5 heteroatoms. The summed E-state index contributed by atoms with van der Waals surface area (Å²) >= 11 is 0. The van der Waals surface area contributed by atoms with Crippen molar-refractivity contribution in [3.05, 3.63) is 158 Å². The third-order valence-electron chi connectivity index (χ3n) is 8.90. The monoisotopic (exact) mass is 598 g/mol. The minimum atomic E-state index is -3.93. The van der Waals surface area contributed by atoms with Crippen molar-refractivity contribution in [1.82, 2.24) is 0 Å². The van der Waals surface area contributed by atoms with E-state index >= 15 is 0 Å². The predicted molar refractivity (Wildman–Crippen MR) is 183 cm³/mol. The van der Waals surface area contributed by atoms with Gasteiger partial charge in [-0.05, 0) is 70.6 Å². The Morgan fingerprint density at radius 3 is 1.82 bits per heavy atom. The lowest BCUT2D eigenvalue weighted by Crippen LogP contribution is -2.26. The molecule has 214 valence electrons. The van der Waals surface area contributed by atoms with Crippen LogP contribution in [0.25, 0.3) is 33.0 Å². The third kappa shape index (κ3) is 3.74. The first-order valence-corrected chi connectivity index (χ1v) is 16.4. The van der Waals surface area contributed by atoms with E-state index in [-0.39, 0.29) is 0 Å². The molecule has 0 saturated heterocycles. The van der Waals surface area contributed by atoms with E-state index in [0.29, 0.717) is 26.9 Å². The molecule has 45 heavy (non-hydrogen) atoms. The van der Waals surface area contributed by atoms with Gasteiger partial charge in [0.1, 0.15) is 4.90 Å². The van der Waals surface area contributed by atoms with Crippen LogP contribution in [0.5, 0.6) is 0 Å². The van der Waals surface area contributed by atoms with Crippen molar-refractivity contribution in [2.45, 2.75) is 9.79 Å². The molecule has 7 aromatic carbocycles. The summed E-state index contributed by atoms with van der Waals surface area (Å²) in [6.45, 7) is 0. The minimum absolute atomic E-state index is 0.297. The number of para-hydroxylation sites is 2. The molecule has 4 nitrogen and oxygen atoms in total. The summed E-state index contributed by atoms with van der Waals surface area (Å²) in [5.74, 6) is 0. The molecule has 0 fully saturated rings. The second kappa shape index (κ2) is 9.68. The zero-order valence-electron chi connectivity index (χ0n) is 24.1. The van der Waals surface area contributed by atoms with Gasteiger partial charge in [-0.25, -0.2) is 8.42 Å². The van der Waals surface area contributed by atoms with E-state index < -0.39 is 9.84 Å². The van der Waals surface area contributed by atoms with E-state index in [1.54, 1.807) is 12.1 Å². The largest absolute Gasteiger partial charge is 0.308 e. The molecule has 0 atom stereocenters. The van der Waals surface area contributed by atoms with Gasteiger partial charge in [0.05, 0.1) is 27.6 Å². The van der Waals surface area contributed by atoms with Crippen LogP contribution in [-0.2, 0) is 9.84 Å². The fraction of sp³-hybridized carbons (Fsp3) is 0. The van der Waals surface area contributed by atoms with E-state index in [1.807, 2.05) is 72.8 Å². The Morgan fingerprint density at radius 1 is 0.422 bits per heavy atom. The summed E-state index contributed by atoms with van der Waals surface area (Å²) in [6, 6.07) is 52.6. The first-order chi connectivity index (χ1) is 22.1. The van der Waals surface area contributed by atoms with Gasteiger partial charge in [-0.1, -0.05) is 109 Å². The molecular weight excluding hydrogens is 573 g/mol. The molecule has 0 saturated carbocycles. The highest BCUT2D eigenvalue weighted by molar-refractivity contribution is 7.92. The highest BCUT2D eigenvalue weighted by atomic mass is 32.2. The highest BCUT2D eigenvalue weighted by Gasteiger charge is 2.41. The van der Waals surface area contributed by atoms with Crippen LogP contribution in [0.1, 0.15) is 0 Å². The van der Waals surface area contributed by atoms with Gasteiger partial charge in [0.15, 0.2) is 0 Å². The quantitative estimate of drug-likeness (QED) is 0.203. The van der Waals surface area contributed by atoms with Crippen molar-refractivity contribution < 1.29 is 8.42 Å². The van der Waals surface area contributed by atoms with Crippen LogP contribution in [-0.4, -0.2) is 8.42 Å². The Kier molecular flexibility index (Phi) is 5.55. The summed E-state index contributed by atoms with van der Waals surface area (Å²) in [4.78, 5) is 4.82. The van der Waals surface area contributed by atoms with Crippen LogP contribution >= 0.6 is 0 Å². The lowest BCUT2D eigenvalue weighted by atomic mass is 9.90. The van der Waals surface area contributed by atoms with Crippen molar-refractivity contribution in [2.75, 3.05) is 9.80 Å². The molecule has 0 aromatic heterocycles. The zero-order valence-corrected chi connectivity index (χ0v) is 24.9. The maximum Gasteiger partial charge on any atom is 0.212 e. The molecule has 0 unspecified atom stereocenters. The fourth-order valence-corrected chi connectivity index (χ4v) is 8.76. The van der Waals surface area contributed by atoms with Crippen LogP contribution < -0.4 is 9.80 Å². The standard InChI is InChI=1S/C40H26N2O2S/c43-45(44)37-20-8-7-18-34(37)41(30-15-5-2-6-16-30)36-26-25-33-32-17-9-13-29-14-10-19-35(38(29)32)42(39(33)40(36)45)31-23-21-28(22-24-31)27-11-3-1-4-12-27/h1-26H. The van der Waals surface area contributed by atoms with Crippen LogP contribution in [0.4, 0.5) is 34.1 Å². The number of nitrogens with zero attached hydrogens (tertiary/aromatic N) is 2. The molecule has 0 bridgehead atoms. The second-order valence-electron chi connectivity index (χ2n) is 11.4. The first kappa shape index (κ1) is 25.8. The number of hydrogen-bond donors (Lipinski definition) is 0. The maximum absolute atomic E-state index is 14.9. The number of rotatable bonds is 3. The molecule has 0 N–H and O–H groups in total. The van der Waals surface area contributed by atoms with Crippen LogP contribution in [0.15, 0.2) is 168 Å². The molecular formula is C40H26N2O2S. The molecule has 7 aromatic rings. The average molecular weight is 599 g/mol. The second-order valence-corrected chi connectivity index (χ2v) is 13.2. The van der Waals surface area contributed by atoms with E-state index in [1.165, 1.54) is 0 Å². The van der Waals surface area contributed by atoms with Gasteiger partial charge < -0.3 is 9.80 Å². The molecule has 2 aliphatic heterocycles. The number of anilines is 6. The molecule has 0 aliphatic carbocycles. The van der Waals surface area contributed by atoms with Gasteiger partial charge in [-0.15, -0.1) is 0 Å². The van der Waals surface area contributed by atoms with Crippen molar-refractivity contribution in [1.29, 1.82) is 0 Å². The molecule has 2 heterocycles. The minimum Gasteiger partial charge on any atom is -0.308 e. The predicted octanol–water partition coefficient (Wildman–Crippen LogP) is 10.6. The Morgan fingerprint density at radius 2 is 1.04 bits per heavy atom. The third-order valence-corrected chi connectivity index (χ3v) is 10.8. The number of fused-ring (bicyclic) bond motifs is 5. The molecule has 0 amide bonds. The summed E-state index contributed by atoms with van der Waals surface area (Å²) < 4.78 is 29.7. The molecule has 0 radical (unpaired) electrons. The fourth-order valence-electron chi connectivity index (χ4n) is 6.96. The summed E-state index contributed by atoms with van der Waals surface area (Å²) in [6.07, 6.45) is 0. The molecule has 0 spiro atoms. The molecule has 2 aliphatic rings. The SMILES string of the molecule is O=S1(=O)c2ccccc2N(c2ccccc2)c2ccc3c(c21)N(c1ccc(-c2ccccc2)cc1)c1cccc2cccc-3c12. The van der Waals surface area contributed by atoms with Crippen molar-refractivity contribution in [2.24, 2.45) is 0 Å². The van der Waals surface area contributed by atoms with Crippen LogP contribution in [0, 0.1) is 0 Å². The lowest BCUT2D eigenvalue weighted by Gasteiger charge is -2.39. The van der Waals surface area contributed by atoms with Gasteiger partial charge in [0, 0.05) is 22.3 Å². The molecule has 9 rings (SSSR count). The van der Waals surface area contributed by atoms with E-state index in [2.05, 4.69) is 82.6 Å². The van der Waals surface area contributed by atoms with Crippen molar-refractivity contribution in [3.8, 4) is 22.3 Å². The highest BCUT2D eigenvalue weighted by Crippen LogP contribution is 2.59. The summed E-state index contributed by atoms with van der Waals surface area (Å²) in [7, 11) is -3.93. The Hall–Kier alpha value is -5.65. The van der Waals surface area contributed by atoms with Crippen LogP contribution in [0.2, 0.25) is 0 Å². The summed E-state index contributed by atoms with van der Waals surface area (Å²) in [5.41, 5.74) is 8.85.